The van der Waals surface area contributed by atoms with Gasteiger partial charge in [0.05, 0.1) is 5.69 Å². The molecule has 6 heteroatoms. The molecule has 108 valence electrons. The lowest BCUT2D eigenvalue weighted by Crippen LogP contribution is -2.43. The van der Waals surface area contributed by atoms with Crippen molar-refractivity contribution in [1.29, 1.82) is 0 Å². The average molecular weight is 293 g/mol. The Morgan fingerprint density at radius 3 is 3.20 bits per heavy atom. The summed E-state index contributed by atoms with van der Waals surface area (Å²) in [6, 6.07) is 1.62. The molecule has 1 unspecified atom stereocenters. The Morgan fingerprint density at radius 2 is 2.40 bits per heavy atom. The van der Waals surface area contributed by atoms with Gasteiger partial charge in [0.25, 0.3) is 5.56 Å². The van der Waals surface area contributed by atoms with Crippen LogP contribution < -0.4 is 5.56 Å². The number of likely N-dealkylation sites (tertiary alicyclic amines) is 1. The van der Waals surface area contributed by atoms with E-state index in [-0.39, 0.29) is 17.6 Å². The van der Waals surface area contributed by atoms with Gasteiger partial charge in [-0.25, -0.2) is 4.98 Å². The standard InChI is InChI=1S/C14H19N3O2S/c1-14(10-18)3-2-4-16(9-14)8-11-7-12(19)17-5-6-20-13(17)15-11/h5-7,18H,2-4,8-10H2,1H3. The van der Waals surface area contributed by atoms with Gasteiger partial charge in [-0.2, -0.15) is 0 Å². The molecule has 0 saturated carbocycles. The van der Waals surface area contributed by atoms with Crippen LogP contribution in [0.5, 0.6) is 0 Å². The van der Waals surface area contributed by atoms with Crippen LogP contribution >= 0.6 is 11.3 Å². The largest absolute Gasteiger partial charge is 0.396 e. The molecule has 2 aromatic rings. The van der Waals surface area contributed by atoms with Crippen LogP contribution in [0.4, 0.5) is 0 Å². The molecule has 1 aliphatic heterocycles. The quantitative estimate of drug-likeness (QED) is 0.928. The van der Waals surface area contributed by atoms with Gasteiger partial charge in [-0.05, 0) is 19.4 Å². The minimum atomic E-state index is -0.0275. The summed E-state index contributed by atoms with van der Waals surface area (Å²) >= 11 is 1.48. The van der Waals surface area contributed by atoms with Crippen molar-refractivity contribution in [3.8, 4) is 0 Å². The van der Waals surface area contributed by atoms with Gasteiger partial charge in [0.15, 0.2) is 4.96 Å². The smallest absolute Gasteiger partial charge is 0.258 e. The lowest BCUT2D eigenvalue weighted by Gasteiger charge is -2.39. The zero-order valence-corrected chi connectivity index (χ0v) is 12.4. The number of thiazole rings is 1. The molecule has 0 radical (unpaired) electrons. The third-order valence-electron chi connectivity index (χ3n) is 3.98. The van der Waals surface area contributed by atoms with E-state index < -0.39 is 0 Å². The Hall–Kier alpha value is -1.24. The Bertz CT molecular complexity index is 666. The van der Waals surface area contributed by atoms with E-state index in [9.17, 15) is 9.90 Å². The van der Waals surface area contributed by atoms with Crippen molar-refractivity contribution in [3.63, 3.8) is 0 Å². The van der Waals surface area contributed by atoms with E-state index >= 15 is 0 Å². The summed E-state index contributed by atoms with van der Waals surface area (Å²) < 4.78 is 1.57. The van der Waals surface area contributed by atoms with Crippen molar-refractivity contribution >= 4 is 16.3 Å². The van der Waals surface area contributed by atoms with Crippen LogP contribution in [0.2, 0.25) is 0 Å². The van der Waals surface area contributed by atoms with E-state index in [2.05, 4.69) is 16.8 Å². The second-order valence-electron chi connectivity index (χ2n) is 5.92. The normalized spacial score (nSPS) is 24.3. The maximum Gasteiger partial charge on any atom is 0.258 e. The molecule has 0 aromatic carbocycles. The first-order valence-electron chi connectivity index (χ1n) is 6.89. The second kappa shape index (κ2) is 5.27. The molecule has 1 atom stereocenters. The molecule has 3 heterocycles. The van der Waals surface area contributed by atoms with Crippen LogP contribution in [-0.4, -0.2) is 39.1 Å². The first kappa shape index (κ1) is 13.7. The van der Waals surface area contributed by atoms with Gasteiger partial charge < -0.3 is 5.11 Å². The Morgan fingerprint density at radius 1 is 1.55 bits per heavy atom. The predicted molar refractivity (Wildman–Crippen MR) is 79.0 cm³/mol. The molecule has 5 nitrogen and oxygen atoms in total. The first-order chi connectivity index (χ1) is 9.59. The van der Waals surface area contributed by atoms with Crippen LogP contribution in [0.15, 0.2) is 22.4 Å². The Labute approximate surface area is 121 Å². The number of aliphatic hydroxyl groups excluding tert-OH is 1. The van der Waals surface area contributed by atoms with Gasteiger partial charge in [0.2, 0.25) is 0 Å². The lowest BCUT2D eigenvalue weighted by atomic mass is 9.83. The number of aliphatic hydroxyl groups is 1. The van der Waals surface area contributed by atoms with Gasteiger partial charge in [-0.1, -0.05) is 6.92 Å². The molecular formula is C14H19N3O2S. The molecule has 3 rings (SSSR count). The third kappa shape index (κ3) is 2.63. The van der Waals surface area contributed by atoms with E-state index in [1.807, 2.05) is 5.38 Å². The zero-order valence-electron chi connectivity index (χ0n) is 11.6. The summed E-state index contributed by atoms with van der Waals surface area (Å²) in [6.07, 6.45) is 3.89. The molecule has 0 aliphatic carbocycles. The fourth-order valence-electron chi connectivity index (χ4n) is 2.89. The molecule has 0 amide bonds. The number of rotatable bonds is 3. The van der Waals surface area contributed by atoms with Crippen LogP contribution in [0, 0.1) is 5.41 Å². The summed E-state index contributed by atoms with van der Waals surface area (Å²) in [7, 11) is 0. The number of hydrogen-bond donors (Lipinski definition) is 1. The molecule has 1 saturated heterocycles. The summed E-state index contributed by atoms with van der Waals surface area (Å²) in [5.41, 5.74) is 0.771. The Kier molecular flexibility index (Phi) is 3.62. The van der Waals surface area contributed by atoms with Crippen molar-refractivity contribution in [2.24, 2.45) is 5.41 Å². The number of aromatic nitrogens is 2. The van der Waals surface area contributed by atoms with E-state index in [0.717, 1.165) is 36.6 Å². The van der Waals surface area contributed by atoms with Crippen LogP contribution in [0.25, 0.3) is 4.96 Å². The highest BCUT2D eigenvalue weighted by molar-refractivity contribution is 7.15. The van der Waals surface area contributed by atoms with Gasteiger partial charge in [-0.15, -0.1) is 11.3 Å². The van der Waals surface area contributed by atoms with Gasteiger partial charge in [-0.3, -0.25) is 14.1 Å². The van der Waals surface area contributed by atoms with Crippen molar-refractivity contribution in [2.45, 2.75) is 26.3 Å². The highest BCUT2D eigenvalue weighted by Crippen LogP contribution is 2.29. The Balaban J connectivity index is 1.80. The fraction of sp³-hybridized carbons (Fsp3) is 0.571. The molecule has 0 bridgehead atoms. The van der Waals surface area contributed by atoms with Gasteiger partial charge in [0.1, 0.15) is 0 Å². The van der Waals surface area contributed by atoms with Crippen LogP contribution in [0.1, 0.15) is 25.5 Å². The molecule has 1 N–H and O–H groups in total. The highest BCUT2D eigenvalue weighted by Gasteiger charge is 2.30. The summed E-state index contributed by atoms with van der Waals surface area (Å²) in [6.45, 7) is 4.86. The summed E-state index contributed by atoms with van der Waals surface area (Å²) in [5, 5.41) is 11.4. The fourth-order valence-corrected chi connectivity index (χ4v) is 3.63. The van der Waals surface area contributed by atoms with Crippen LogP contribution in [0.3, 0.4) is 0 Å². The second-order valence-corrected chi connectivity index (χ2v) is 6.80. The zero-order chi connectivity index (χ0) is 14.2. The highest BCUT2D eigenvalue weighted by atomic mass is 32.1. The van der Waals surface area contributed by atoms with E-state index in [4.69, 9.17) is 0 Å². The topological polar surface area (TPSA) is 57.8 Å². The van der Waals surface area contributed by atoms with E-state index in [1.54, 1.807) is 16.7 Å². The molecule has 0 spiro atoms. The molecule has 1 aliphatic rings. The molecule has 2 aromatic heterocycles. The maximum absolute atomic E-state index is 12.0. The third-order valence-corrected chi connectivity index (χ3v) is 4.74. The van der Waals surface area contributed by atoms with Crippen molar-refractivity contribution in [2.75, 3.05) is 19.7 Å². The minimum Gasteiger partial charge on any atom is -0.396 e. The lowest BCUT2D eigenvalue weighted by molar-refractivity contribution is 0.0424. The van der Waals surface area contributed by atoms with Gasteiger partial charge >= 0.3 is 0 Å². The van der Waals surface area contributed by atoms with E-state index in [1.165, 1.54) is 11.3 Å². The van der Waals surface area contributed by atoms with Crippen molar-refractivity contribution in [3.05, 3.63) is 33.7 Å². The maximum atomic E-state index is 12.0. The monoisotopic (exact) mass is 293 g/mol. The first-order valence-corrected chi connectivity index (χ1v) is 7.77. The van der Waals surface area contributed by atoms with Gasteiger partial charge in [0, 0.05) is 42.8 Å². The van der Waals surface area contributed by atoms with Crippen LogP contribution in [-0.2, 0) is 6.54 Å². The van der Waals surface area contributed by atoms with E-state index in [0.29, 0.717) is 6.54 Å². The number of piperidine rings is 1. The number of hydrogen-bond acceptors (Lipinski definition) is 5. The molecular weight excluding hydrogens is 274 g/mol. The summed E-state index contributed by atoms with van der Waals surface area (Å²) in [4.78, 5) is 19.5. The average Bonchev–Trinajstić information content (AvgIpc) is 2.88. The van der Waals surface area contributed by atoms with Crippen molar-refractivity contribution < 1.29 is 5.11 Å². The summed E-state index contributed by atoms with van der Waals surface area (Å²) in [5.74, 6) is 0. The number of fused-ring (bicyclic) bond motifs is 1. The molecule has 1 fully saturated rings. The van der Waals surface area contributed by atoms with Crippen molar-refractivity contribution in [1.82, 2.24) is 14.3 Å². The minimum absolute atomic E-state index is 0.0202. The predicted octanol–water partition coefficient (Wildman–Crippen LogP) is 1.35. The SMILES string of the molecule is CC1(CO)CCCN(Cc2cc(=O)n3ccsc3n2)C1. The number of nitrogens with zero attached hydrogens (tertiary/aromatic N) is 3. The molecule has 20 heavy (non-hydrogen) atoms.